The van der Waals surface area contributed by atoms with Crippen LogP contribution in [0.4, 0.5) is 0 Å². The van der Waals surface area contributed by atoms with Crippen LogP contribution in [0.15, 0.2) is 5.10 Å². The van der Waals surface area contributed by atoms with Gasteiger partial charge in [0.25, 0.3) is 0 Å². The van der Waals surface area contributed by atoms with E-state index in [0.29, 0.717) is 13.0 Å². The number of nitrogens with one attached hydrogen (secondary N) is 1. The molecular weight excluding hydrogens is 108 g/mol. The average Bonchev–Trinajstić information content (AvgIpc) is 1.81. The number of hydrogen-bond donors (Lipinski definition) is 1. The summed E-state index contributed by atoms with van der Waals surface area (Å²) in [6, 6.07) is 0. The van der Waals surface area contributed by atoms with E-state index in [1.807, 2.05) is 12.3 Å². The van der Waals surface area contributed by atoms with Crippen molar-refractivity contribution in [1.82, 2.24) is 5.43 Å². The minimum absolute atomic E-state index is 0.468. The molecule has 0 heterocycles. The molecule has 0 rings (SSSR count). The molecule has 0 aliphatic heterocycles. The summed E-state index contributed by atoms with van der Waals surface area (Å²) in [6.07, 6.45) is 1.64. The molecule has 0 aromatic heterocycles. The molecule has 0 unspecified atom stereocenters. The number of carbonyl (C=O) groups is 1. The zero-order valence-corrected chi connectivity index (χ0v) is 4.63. The first-order valence-corrected chi connectivity index (χ1v) is 2.24. The minimum Gasteiger partial charge on any atom is -0.482 e. The highest BCUT2D eigenvalue weighted by Gasteiger charge is 1.67. The van der Waals surface area contributed by atoms with Crippen molar-refractivity contribution in [1.29, 1.82) is 0 Å². The van der Waals surface area contributed by atoms with Gasteiger partial charge in [0.1, 0.15) is 0 Å². The smallest absolute Gasteiger partial charge is 0.227 e. The largest absolute Gasteiger partial charge is 0.482 e. The summed E-state index contributed by atoms with van der Waals surface area (Å²) in [5.74, 6) is 0. The molecule has 46 valence electrons. The van der Waals surface area contributed by atoms with Crippen LogP contribution in [0, 0.1) is 0 Å². The van der Waals surface area contributed by atoms with Crippen LogP contribution in [0.5, 0.6) is 0 Å². The second-order valence-electron chi connectivity index (χ2n) is 0.937. The van der Waals surface area contributed by atoms with Gasteiger partial charge < -0.3 is 4.74 Å². The predicted octanol–water partition coefficient (Wildman–Crippen LogP) is -0.288. The van der Waals surface area contributed by atoms with Crippen molar-refractivity contribution in [3.05, 3.63) is 0 Å². The molecule has 0 atom stereocenters. The summed E-state index contributed by atoms with van der Waals surface area (Å²) in [5, 5.41) is 3.31. The minimum atomic E-state index is 0.468. The van der Waals surface area contributed by atoms with Gasteiger partial charge in [-0.05, 0) is 6.92 Å². The van der Waals surface area contributed by atoms with Crippen LogP contribution in [-0.2, 0) is 9.53 Å². The lowest BCUT2D eigenvalue weighted by Gasteiger charge is -1.88. The van der Waals surface area contributed by atoms with E-state index in [2.05, 4.69) is 9.84 Å². The van der Waals surface area contributed by atoms with Gasteiger partial charge >= 0.3 is 0 Å². The highest BCUT2D eigenvalue weighted by molar-refractivity contribution is 5.51. The number of hydrogen-bond acceptors (Lipinski definition) is 3. The van der Waals surface area contributed by atoms with Gasteiger partial charge in [-0.15, -0.1) is 5.10 Å². The fourth-order valence-electron chi connectivity index (χ4n) is 0.173. The summed E-state index contributed by atoms with van der Waals surface area (Å²) in [7, 11) is 0. The van der Waals surface area contributed by atoms with Gasteiger partial charge in [-0.3, -0.25) is 4.79 Å². The molecular formula is C4H8N2O2. The molecule has 0 fully saturated rings. The monoisotopic (exact) mass is 116 g/mol. The first-order chi connectivity index (χ1) is 3.91. The molecule has 0 aliphatic rings. The van der Waals surface area contributed by atoms with Gasteiger partial charge in [0.05, 0.1) is 6.61 Å². The standard InChI is InChI=1S/C4H8N2O2/c1-2-8-4-6-5-3-7/h3-4H,2H2,1H3,(H,5,7). The third kappa shape index (κ3) is 4.94. The molecule has 0 aromatic carbocycles. The first-order valence-electron chi connectivity index (χ1n) is 2.24. The number of rotatable bonds is 4. The Morgan fingerprint density at radius 1 is 1.88 bits per heavy atom. The summed E-state index contributed by atoms with van der Waals surface area (Å²) >= 11 is 0. The number of carbonyl (C=O) groups excluding carboxylic acids is 1. The summed E-state index contributed by atoms with van der Waals surface area (Å²) in [5.41, 5.74) is 2.05. The normalized spacial score (nSPS) is 9.12. The molecule has 4 nitrogen and oxygen atoms in total. The van der Waals surface area contributed by atoms with Crippen LogP contribution in [0.1, 0.15) is 6.92 Å². The van der Waals surface area contributed by atoms with E-state index in [0.717, 1.165) is 0 Å². The molecule has 8 heavy (non-hydrogen) atoms. The molecule has 0 radical (unpaired) electrons. The number of hydrazone groups is 1. The second-order valence-corrected chi connectivity index (χ2v) is 0.937. The van der Waals surface area contributed by atoms with Crippen molar-refractivity contribution in [3.8, 4) is 0 Å². The third-order valence-electron chi connectivity index (χ3n) is 0.421. The van der Waals surface area contributed by atoms with Crippen molar-refractivity contribution in [2.75, 3.05) is 6.61 Å². The summed E-state index contributed by atoms with van der Waals surface area (Å²) < 4.78 is 4.62. The highest BCUT2D eigenvalue weighted by atomic mass is 16.5. The Hall–Kier alpha value is -1.06. The molecule has 1 N–H and O–H groups in total. The zero-order valence-electron chi connectivity index (χ0n) is 4.63. The molecule has 0 bridgehead atoms. The van der Waals surface area contributed by atoms with E-state index < -0.39 is 0 Å². The molecule has 0 saturated carbocycles. The lowest BCUT2D eigenvalue weighted by Crippen LogP contribution is -2.01. The van der Waals surface area contributed by atoms with Crippen molar-refractivity contribution in [3.63, 3.8) is 0 Å². The topological polar surface area (TPSA) is 50.7 Å². The van der Waals surface area contributed by atoms with Crippen LogP contribution < -0.4 is 5.43 Å². The zero-order chi connectivity index (χ0) is 6.24. The van der Waals surface area contributed by atoms with E-state index in [4.69, 9.17) is 0 Å². The maximum atomic E-state index is 9.49. The van der Waals surface area contributed by atoms with Gasteiger partial charge in [0.15, 0.2) is 6.40 Å². The van der Waals surface area contributed by atoms with E-state index >= 15 is 0 Å². The Kier molecular flexibility index (Phi) is 5.15. The van der Waals surface area contributed by atoms with Crippen LogP contribution in [0.25, 0.3) is 0 Å². The highest BCUT2D eigenvalue weighted by Crippen LogP contribution is 1.61. The quantitative estimate of drug-likeness (QED) is 0.237. The molecule has 1 amide bonds. The van der Waals surface area contributed by atoms with Gasteiger partial charge in [0.2, 0.25) is 6.41 Å². The molecule has 0 saturated heterocycles. The maximum Gasteiger partial charge on any atom is 0.227 e. The van der Waals surface area contributed by atoms with Crippen molar-refractivity contribution in [2.45, 2.75) is 6.92 Å². The predicted molar refractivity (Wildman–Crippen MR) is 29.3 cm³/mol. The number of amides is 1. The fraction of sp³-hybridized carbons (Fsp3) is 0.500. The Labute approximate surface area is 47.5 Å². The Morgan fingerprint density at radius 3 is 3.12 bits per heavy atom. The second kappa shape index (κ2) is 5.94. The lowest BCUT2D eigenvalue weighted by atomic mass is 10.9. The van der Waals surface area contributed by atoms with E-state index in [1.165, 1.54) is 6.40 Å². The van der Waals surface area contributed by atoms with Gasteiger partial charge in [0, 0.05) is 0 Å². The Balaban J connectivity index is 2.94. The average molecular weight is 116 g/mol. The van der Waals surface area contributed by atoms with Gasteiger partial charge in [-0.2, -0.15) is 0 Å². The fourth-order valence-corrected chi connectivity index (χ4v) is 0.173. The molecule has 0 aromatic rings. The van der Waals surface area contributed by atoms with Crippen LogP contribution >= 0.6 is 0 Å². The van der Waals surface area contributed by atoms with E-state index in [1.54, 1.807) is 0 Å². The number of nitrogens with zero attached hydrogens (tertiary/aromatic N) is 1. The first kappa shape index (κ1) is 6.94. The van der Waals surface area contributed by atoms with E-state index in [9.17, 15) is 4.79 Å². The maximum absolute atomic E-state index is 9.49. The Morgan fingerprint density at radius 2 is 2.62 bits per heavy atom. The van der Waals surface area contributed by atoms with Crippen molar-refractivity contribution in [2.24, 2.45) is 5.10 Å². The van der Waals surface area contributed by atoms with Crippen LogP contribution in [-0.4, -0.2) is 19.4 Å². The number of ether oxygens (including phenoxy) is 1. The third-order valence-corrected chi connectivity index (χ3v) is 0.421. The lowest BCUT2D eigenvalue weighted by molar-refractivity contribution is -0.109. The summed E-state index contributed by atoms with van der Waals surface area (Å²) in [4.78, 5) is 9.49. The van der Waals surface area contributed by atoms with E-state index in [-0.39, 0.29) is 0 Å². The molecule has 0 spiro atoms. The van der Waals surface area contributed by atoms with Crippen LogP contribution in [0.2, 0.25) is 0 Å². The van der Waals surface area contributed by atoms with Crippen molar-refractivity contribution < 1.29 is 9.53 Å². The van der Waals surface area contributed by atoms with Crippen LogP contribution in [0.3, 0.4) is 0 Å². The SMILES string of the molecule is CCOC=NNC=O. The molecule has 4 heteroatoms. The summed E-state index contributed by atoms with van der Waals surface area (Å²) in [6.45, 7) is 2.39. The Bertz CT molecular complexity index is 82.1. The van der Waals surface area contributed by atoms with Crippen molar-refractivity contribution >= 4 is 12.8 Å². The van der Waals surface area contributed by atoms with Gasteiger partial charge in [-0.1, -0.05) is 0 Å². The van der Waals surface area contributed by atoms with Gasteiger partial charge in [-0.25, -0.2) is 5.43 Å². The molecule has 0 aliphatic carbocycles.